The molecule has 0 bridgehead atoms. The lowest BCUT2D eigenvalue weighted by Crippen LogP contribution is -2.46. The first-order valence-corrected chi connectivity index (χ1v) is 9.39. The third-order valence-electron chi connectivity index (χ3n) is 4.52. The number of aromatic amines is 1. The Morgan fingerprint density at radius 3 is 2.85 bits per heavy atom. The van der Waals surface area contributed by atoms with Crippen molar-refractivity contribution in [2.45, 2.75) is 6.54 Å². The molecular formula is C18H21N5O2S. The molecule has 0 unspecified atom stereocenters. The first kappa shape index (κ1) is 16.9. The number of benzene rings is 1. The molecule has 2 N–H and O–H groups in total. The largest absolute Gasteiger partial charge is 0.504 e. The summed E-state index contributed by atoms with van der Waals surface area (Å²) in [5.74, 6) is 1.55. The van der Waals surface area contributed by atoms with E-state index in [9.17, 15) is 5.11 Å². The summed E-state index contributed by atoms with van der Waals surface area (Å²) in [5.41, 5.74) is 2.03. The Balaban J connectivity index is 1.38. The number of phenols is 1. The van der Waals surface area contributed by atoms with Crippen LogP contribution in [0.2, 0.25) is 0 Å². The van der Waals surface area contributed by atoms with Crippen molar-refractivity contribution in [1.82, 2.24) is 19.9 Å². The quantitative estimate of drug-likeness (QED) is 0.718. The zero-order valence-corrected chi connectivity index (χ0v) is 15.4. The van der Waals surface area contributed by atoms with Crippen molar-refractivity contribution in [1.29, 1.82) is 0 Å². The average molecular weight is 371 g/mol. The van der Waals surface area contributed by atoms with Gasteiger partial charge in [-0.2, -0.15) is 0 Å². The number of aromatic nitrogens is 3. The highest BCUT2D eigenvalue weighted by atomic mass is 32.1. The molecular weight excluding hydrogens is 350 g/mol. The molecule has 3 aromatic rings. The van der Waals surface area contributed by atoms with E-state index in [1.807, 2.05) is 18.3 Å². The summed E-state index contributed by atoms with van der Waals surface area (Å²) in [7, 11) is 1.55. The summed E-state index contributed by atoms with van der Waals surface area (Å²) in [5, 5.41) is 12.8. The number of anilines is 1. The summed E-state index contributed by atoms with van der Waals surface area (Å²) in [4.78, 5) is 16.9. The van der Waals surface area contributed by atoms with Crippen LogP contribution in [0.25, 0.3) is 10.6 Å². The summed E-state index contributed by atoms with van der Waals surface area (Å²) in [6.07, 6.45) is 3.65. The van der Waals surface area contributed by atoms with Crippen molar-refractivity contribution >= 4 is 17.3 Å². The molecule has 1 aliphatic rings. The zero-order valence-electron chi connectivity index (χ0n) is 14.6. The second kappa shape index (κ2) is 7.35. The van der Waals surface area contributed by atoms with Gasteiger partial charge in [-0.1, -0.05) is 0 Å². The molecule has 0 aliphatic carbocycles. The minimum atomic E-state index is 0.141. The van der Waals surface area contributed by atoms with Crippen molar-refractivity contribution in [3.8, 4) is 22.1 Å². The van der Waals surface area contributed by atoms with E-state index < -0.39 is 0 Å². The Labute approximate surface area is 155 Å². The molecule has 7 nitrogen and oxygen atoms in total. The van der Waals surface area contributed by atoms with Crippen LogP contribution >= 0.6 is 11.3 Å². The van der Waals surface area contributed by atoms with E-state index in [2.05, 4.69) is 25.1 Å². The maximum atomic E-state index is 9.73. The normalized spacial score (nSPS) is 15.3. The molecule has 3 heterocycles. The predicted molar refractivity (Wildman–Crippen MR) is 102 cm³/mol. The number of piperazine rings is 1. The summed E-state index contributed by atoms with van der Waals surface area (Å²) >= 11 is 1.61. The Morgan fingerprint density at radius 1 is 1.27 bits per heavy atom. The van der Waals surface area contributed by atoms with Crippen LogP contribution in [0.1, 0.15) is 5.69 Å². The lowest BCUT2D eigenvalue weighted by molar-refractivity contribution is 0.246. The van der Waals surface area contributed by atoms with E-state index in [0.29, 0.717) is 5.75 Å². The number of nitrogens with one attached hydrogen (secondary N) is 1. The smallest absolute Gasteiger partial charge is 0.202 e. The minimum absolute atomic E-state index is 0.141. The number of imidazole rings is 1. The number of rotatable bonds is 5. The lowest BCUT2D eigenvalue weighted by Gasteiger charge is -2.34. The van der Waals surface area contributed by atoms with Gasteiger partial charge in [0.1, 0.15) is 5.01 Å². The van der Waals surface area contributed by atoms with Crippen molar-refractivity contribution < 1.29 is 9.84 Å². The van der Waals surface area contributed by atoms with Crippen LogP contribution in [0.3, 0.4) is 0 Å². The number of thiazole rings is 1. The lowest BCUT2D eigenvalue weighted by atomic mass is 10.2. The van der Waals surface area contributed by atoms with Gasteiger partial charge in [0.05, 0.1) is 12.8 Å². The van der Waals surface area contributed by atoms with Crippen LogP contribution < -0.4 is 9.64 Å². The number of aromatic hydroxyl groups is 1. The van der Waals surface area contributed by atoms with Crippen molar-refractivity contribution in [3.05, 3.63) is 41.7 Å². The zero-order chi connectivity index (χ0) is 17.9. The highest BCUT2D eigenvalue weighted by molar-refractivity contribution is 7.13. The van der Waals surface area contributed by atoms with Gasteiger partial charge in [0.25, 0.3) is 0 Å². The van der Waals surface area contributed by atoms with Gasteiger partial charge >= 0.3 is 0 Å². The third kappa shape index (κ3) is 3.51. The maximum absolute atomic E-state index is 9.73. The number of methoxy groups -OCH3 is 1. The molecule has 1 aliphatic heterocycles. The predicted octanol–water partition coefficient (Wildman–Crippen LogP) is 2.57. The molecule has 0 spiro atoms. The fourth-order valence-electron chi connectivity index (χ4n) is 3.10. The summed E-state index contributed by atoms with van der Waals surface area (Å²) in [6, 6.07) is 5.33. The standard InChI is InChI=1S/C18H21N5O2S/c1-25-16-10-13(2-3-15(16)24)17-21-14(12-26-17)11-22-6-8-23(9-7-22)18-19-4-5-20-18/h2-5,10,12,24H,6-9,11H2,1H3,(H,19,20). The van der Waals surface area contributed by atoms with Crippen LogP contribution in [0.4, 0.5) is 5.95 Å². The highest BCUT2D eigenvalue weighted by Crippen LogP contribution is 2.33. The van der Waals surface area contributed by atoms with Crippen LogP contribution in [0.5, 0.6) is 11.5 Å². The molecule has 1 aromatic carbocycles. The highest BCUT2D eigenvalue weighted by Gasteiger charge is 2.19. The second-order valence-electron chi connectivity index (χ2n) is 6.21. The van der Waals surface area contributed by atoms with Crippen LogP contribution in [-0.4, -0.2) is 58.2 Å². The molecule has 0 saturated carbocycles. The van der Waals surface area contributed by atoms with Gasteiger partial charge in [0.2, 0.25) is 5.95 Å². The van der Waals surface area contributed by atoms with Gasteiger partial charge in [0.15, 0.2) is 11.5 Å². The molecule has 1 fully saturated rings. The number of hydrogen-bond donors (Lipinski definition) is 2. The Morgan fingerprint density at radius 2 is 2.12 bits per heavy atom. The molecule has 136 valence electrons. The first-order chi connectivity index (χ1) is 12.7. The van der Waals surface area contributed by atoms with E-state index in [-0.39, 0.29) is 5.75 Å². The van der Waals surface area contributed by atoms with E-state index in [4.69, 9.17) is 9.72 Å². The molecule has 1 saturated heterocycles. The SMILES string of the molecule is COc1cc(-c2nc(CN3CCN(c4ncc[nH]4)CC3)cs2)ccc1O. The number of ether oxygens (including phenoxy) is 1. The molecule has 2 aromatic heterocycles. The van der Waals surface area contributed by atoms with Crippen LogP contribution in [0, 0.1) is 0 Å². The number of H-pyrrole nitrogens is 1. The monoisotopic (exact) mass is 371 g/mol. The van der Waals surface area contributed by atoms with Gasteiger partial charge < -0.3 is 19.7 Å². The molecule has 0 radical (unpaired) electrons. The number of hydrogen-bond acceptors (Lipinski definition) is 7. The number of nitrogens with zero attached hydrogens (tertiary/aromatic N) is 4. The van der Waals surface area contributed by atoms with E-state index in [1.165, 1.54) is 0 Å². The maximum Gasteiger partial charge on any atom is 0.202 e. The Kier molecular flexibility index (Phi) is 4.77. The minimum Gasteiger partial charge on any atom is -0.504 e. The van der Waals surface area contributed by atoms with Gasteiger partial charge in [-0.25, -0.2) is 9.97 Å². The van der Waals surface area contributed by atoms with Crippen LogP contribution in [-0.2, 0) is 6.54 Å². The molecule has 26 heavy (non-hydrogen) atoms. The van der Waals surface area contributed by atoms with Crippen LogP contribution in [0.15, 0.2) is 36.0 Å². The van der Waals surface area contributed by atoms with Crippen molar-refractivity contribution in [2.75, 3.05) is 38.2 Å². The molecule has 0 amide bonds. The molecule has 8 heteroatoms. The van der Waals surface area contributed by atoms with Gasteiger partial charge in [-0.15, -0.1) is 11.3 Å². The van der Waals surface area contributed by atoms with Gasteiger partial charge in [-0.3, -0.25) is 4.90 Å². The summed E-state index contributed by atoms with van der Waals surface area (Å²) < 4.78 is 5.18. The van der Waals surface area contributed by atoms with E-state index in [0.717, 1.165) is 54.9 Å². The third-order valence-corrected chi connectivity index (χ3v) is 5.46. The Bertz CT molecular complexity index is 856. The van der Waals surface area contributed by atoms with Crippen molar-refractivity contribution in [3.63, 3.8) is 0 Å². The fraction of sp³-hybridized carbons (Fsp3) is 0.333. The van der Waals surface area contributed by atoms with Crippen molar-refractivity contribution in [2.24, 2.45) is 0 Å². The average Bonchev–Trinajstić information content (AvgIpc) is 3.35. The fourth-order valence-corrected chi connectivity index (χ4v) is 3.91. The van der Waals surface area contributed by atoms with Gasteiger partial charge in [-0.05, 0) is 18.2 Å². The van der Waals surface area contributed by atoms with E-state index >= 15 is 0 Å². The summed E-state index contributed by atoms with van der Waals surface area (Å²) in [6.45, 7) is 4.73. The molecule has 4 rings (SSSR count). The Hall–Kier alpha value is -2.58. The number of phenolic OH excluding ortho intramolecular Hbond substituents is 1. The topological polar surface area (TPSA) is 77.5 Å². The van der Waals surface area contributed by atoms with E-state index in [1.54, 1.807) is 30.7 Å². The second-order valence-corrected chi connectivity index (χ2v) is 7.06. The first-order valence-electron chi connectivity index (χ1n) is 8.51. The molecule has 0 atom stereocenters. The van der Waals surface area contributed by atoms with Gasteiger partial charge in [0, 0.05) is 56.1 Å².